The van der Waals surface area contributed by atoms with Crippen molar-refractivity contribution in [3.8, 4) is 0 Å². The summed E-state index contributed by atoms with van der Waals surface area (Å²) in [7, 11) is 0. The largest absolute Gasteiger partial charge is 0.462 e. The Bertz CT molecular complexity index is 154. The number of rotatable bonds is 5. The van der Waals surface area contributed by atoms with Gasteiger partial charge in [-0.05, 0) is 6.42 Å². The summed E-state index contributed by atoms with van der Waals surface area (Å²) in [6.45, 7) is 7.24. The molecular formula is C9H16O3. The molecule has 3 nitrogen and oxygen atoms in total. The predicted octanol–water partition coefficient (Wildman–Crippen LogP) is 1.12. The van der Waals surface area contributed by atoms with E-state index in [4.69, 9.17) is 4.74 Å². The molecule has 0 aliphatic heterocycles. The van der Waals surface area contributed by atoms with Gasteiger partial charge in [-0.2, -0.15) is 0 Å². The van der Waals surface area contributed by atoms with Gasteiger partial charge in [-0.1, -0.05) is 20.4 Å². The van der Waals surface area contributed by atoms with Crippen molar-refractivity contribution < 1.29 is 14.6 Å². The van der Waals surface area contributed by atoms with Crippen LogP contribution in [0.3, 0.4) is 0 Å². The number of hydrogen-bond donors (Lipinski definition) is 1. The van der Waals surface area contributed by atoms with E-state index in [1.165, 1.54) is 0 Å². The highest BCUT2D eigenvalue weighted by molar-refractivity contribution is 5.81. The van der Waals surface area contributed by atoms with Crippen LogP contribution in [0.2, 0.25) is 0 Å². The van der Waals surface area contributed by atoms with E-state index in [1.807, 2.05) is 13.8 Å². The van der Waals surface area contributed by atoms with Gasteiger partial charge in [0.05, 0.1) is 12.7 Å². The lowest BCUT2D eigenvalue weighted by Crippen LogP contribution is -2.22. The quantitative estimate of drug-likeness (QED) is 0.499. The molecule has 0 aromatic carbocycles. The van der Waals surface area contributed by atoms with Crippen LogP contribution in [-0.2, 0) is 9.53 Å². The molecule has 0 aliphatic rings. The average Bonchev–Trinajstić information content (AvgIpc) is 2.11. The molecule has 0 aromatic heterocycles. The molecule has 0 aromatic rings. The van der Waals surface area contributed by atoms with Crippen molar-refractivity contribution >= 4 is 5.97 Å². The Hall–Kier alpha value is -0.830. The lowest BCUT2D eigenvalue weighted by atomic mass is 10.0. The standard InChI is InChI=1S/C9H16O3/c1-4-8(10)7(3)6-12-9(11)5-2/h5,7-8,10H,2,4,6H2,1,3H3. The molecule has 1 N–H and O–H groups in total. The van der Waals surface area contributed by atoms with Crippen LogP contribution in [0.4, 0.5) is 0 Å². The summed E-state index contributed by atoms with van der Waals surface area (Å²) in [5.74, 6) is -0.455. The molecular weight excluding hydrogens is 156 g/mol. The van der Waals surface area contributed by atoms with E-state index < -0.39 is 12.1 Å². The van der Waals surface area contributed by atoms with Crippen molar-refractivity contribution in [2.24, 2.45) is 5.92 Å². The minimum absolute atomic E-state index is 0.0149. The Morgan fingerprint density at radius 2 is 2.33 bits per heavy atom. The van der Waals surface area contributed by atoms with Crippen LogP contribution in [-0.4, -0.2) is 23.8 Å². The third kappa shape index (κ3) is 4.13. The van der Waals surface area contributed by atoms with E-state index in [9.17, 15) is 9.90 Å². The van der Waals surface area contributed by atoms with Crippen molar-refractivity contribution in [2.75, 3.05) is 6.61 Å². The molecule has 70 valence electrons. The number of aliphatic hydroxyl groups is 1. The van der Waals surface area contributed by atoms with E-state index >= 15 is 0 Å². The molecule has 0 bridgehead atoms. The number of esters is 1. The topological polar surface area (TPSA) is 46.5 Å². The maximum absolute atomic E-state index is 10.6. The summed E-state index contributed by atoms with van der Waals surface area (Å²) in [5, 5.41) is 9.29. The van der Waals surface area contributed by atoms with Gasteiger partial charge in [-0.15, -0.1) is 0 Å². The van der Waals surface area contributed by atoms with Gasteiger partial charge in [0.2, 0.25) is 0 Å². The predicted molar refractivity (Wildman–Crippen MR) is 46.6 cm³/mol. The number of carbonyl (C=O) groups is 1. The van der Waals surface area contributed by atoms with Crippen LogP contribution in [0.1, 0.15) is 20.3 Å². The van der Waals surface area contributed by atoms with Gasteiger partial charge in [-0.3, -0.25) is 0 Å². The van der Waals surface area contributed by atoms with Crippen LogP contribution < -0.4 is 0 Å². The Morgan fingerprint density at radius 1 is 1.75 bits per heavy atom. The van der Waals surface area contributed by atoms with Gasteiger partial charge in [-0.25, -0.2) is 4.79 Å². The number of ether oxygens (including phenoxy) is 1. The number of hydrogen-bond acceptors (Lipinski definition) is 3. The van der Waals surface area contributed by atoms with Crippen LogP contribution in [0.5, 0.6) is 0 Å². The Kier molecular flexibility index (Phi) is 5.37. The molecule has 2 atom stereocenters. The molecule has 0 aliphatic carbocycles. The van der Waals surface area contributed by atoms with E-state index in [0.717, 1.165) is 6.08 Å². The van der Waals surface area contributed by atoms with Crippen LogP contribution >= 0.6 is 0 Å². The molecule has 0 amide bonds. The van der Waals surface area contributed by atoms with Crippen LogP contribution in [0, 0.1) is 5.92 Å². The van der Waals surface area contributed by atoms with Gasteiger partial charge in [0.25, 0.3) is 0 Å². The second kappa shape index (κ2) is 5.77. The van der Waals surface area contributed by atoms with E-state index in [0.29, 0.717) is 6.42 Å². The van der Waals surface area contributed by atoms with Crippen molar-refractivity contribution in [1.82, 2.24) is 0 Å². The van der Waals surface area contributed by atoms with Crippen molar-refractivity contribution in [3.05, 3.63) is 12.7 Å². The molecule has 0 saturated heterocycles. The Balaban J connectivity index is 3.62. The minimum atomic E-state index is -0.440. The number of aliphatic hydroxyl groups excluding tert-OH is 1. The Labute approximate surface area is 73.0 Å². The van der Waals surface area contributed by atoms with Gasteiger partial charge < -0.3 is 9.84 Å². The first-order valence-corrected chi connectivity index (χ1v) is 4.09. The smallest absolute Gasteiger partial charge is 0.330 e. The van der Waals surface area contributed by atoms with Gasteiger partial charge >= 0.3 is 5.97 Å². The minimum Gasteiger partial charge on any atom is -0.462 e. The van der Waals surface area contributed by atoms with Crippen molar-refractivity contribution in [2.45, 2.75) is 26.4 Å². The van der Waals surface area contributed by atoms with E-state index in [-0.39, 0.29) is 12.5 Å². The zero-order valence-corrected chi connectivity index (χ0v) is 7.62. The molecule has 0 rings (SSSR count). The molecule has 3 heteroatoms. The van der Waals surface area contributed by atoms with Crippen molar-refractivity contribution in [3.63, 3.8) is 0 Å². The molecule has 0 heterocycles. The maximum atomic E-state index is 10.6. The highest BCUT2D eigenvalue weighted by Gasteiger charge is 2.13. The number of carbonyl (C=O) groups excluding carboxylic acids is 1. The SMILES string of the molecule is C=CC(=O)OCC(C)C(O)CC. The van der Waals surface area contributed by atoms with E-state index in [1.54, 1.807) is 0 Å². The third-order valence-electron chi connectivity index (χ3n) is 1.73. The normalized spacial score (nSPS) is 14.9. The first kappa shape index (κ1) is 11.2. The lowest BCUT2D eigenvalue weighted by molar-refractivity contribution is -0.140. The molecule has 0 radical (unpaired) electrons. The van der Waals surface area contributed by atoms with Gasteiger partial charge in [0.15, 0.2) is 0 Å². The fourth-order valence-corrected chi connectivity index (χ4v) is 0.786. The lowest BCUT2D eigenvalue weighted by Gasteiger charge is -2.16. The summed E-state index contributed by atoms with van der Waals surface area (Å²) in [6.07, 6.45) is 1.39. The zero-order valence-electron chi connectivity index (χ0n) is 7.62. The highest BCUT2D eigenvalue weighted by atomic mass is 16.5. The van der Waals surface area contributed by atoms with Crippen molar-refractivity contribution in [1.29, 1.82) is 0 Å². The fraction of sp³-hybridized carbons (Fsp3) is 0.667. The first-order chi connectivity index (χ1) is 5.61. The molecule has 0 saturated carbocycles. The first-order valence-electron chi connectivity index (χ1n) is 4.09. The van der Waals surface area contributed by atoms with Gasteiger partial charge in [0.1, 0.15) is 0 Å². The second-order valence-corrected chi connectivity index (χ2v) is 2.79. The molecule has 0 spiro atoms. The van der Waals surface area contributed by atoms with E-state index in [2.05, 4.69) is 6.58 Å². The maximum Gasteiger partial charge on any atom is 0.330 e. The highest BCUT2D eigenvalue weighted by Crippen LogP contribution is 2.06. The fourth-order valence-electron chi connectivity index (χ4n) is 0.786. The molecule has 12 heavy (non-hydrogen) atoms. The zero-order chi connectivity index (χ0) is 9.56. The summed E-state index contributed by atoms with van der Waals surface area (Å²) < 4.78 is 4.76. The van der Waals surface area contributed by atoms with Gasteiger partial charge in [0, 0.05) is 12.0 Å². The summed E-state index contributed by atoms with van der Waals surface area (Å²) in [5.41, 5.74) is 0. The van der Waals surface area contributed by atoms with Crippen LogP contribution in [0.15, 0.2) is 12.7 Å². The molecule has 2 unspecified atom stereocenters. The summed E-state index contributed by atoms with van der Waals surface area (Å²) in [6, 6.07) is 0. The van der Waals surface area contributed by atoms with Crippen LogP contribution in [0.25, 0.3) is 0 Å². The average molecular weight is 172 g/mol. The Morgan fingerprint density at radius 3 is 2.75 bits per heavy atom. The molecule has 0 fully saturated rings. The second-order valence-electron chi connectivity index (χ2n) is 2.79. The summed E-state index contributed by atoms with van der Waals surface area (Å²) in [4.78, 5) is 10.6. The third-order valence-corrected chi connectivity index (χ3v) is 1.73. The summed E-state index contributed by atoms with van der Waals surface area (Å²) >= 11 is 0. The monoisotopic (exact) mass is 172 g/mol.